The minimum absolute atomic E-state index is 0. The van der Waals surface area contributed by atoms with Gasteiger partial charge in [-0.2, -0.15) is 0 Å². The molecule has 0 bridgehead atoms. The van der Waals surface area contributed by atoms with Gasteiger partial charge in [0.25, 0.3) is 0 Å². The summed E-state index contributed by atoms with van der Waals surface area (Å²) in [5.41, 5.74) is 4.61. The van der Waals surface area contributed by atoms with Gasteiger partial charge in [0.05, 0.1) is 32.5 Å². The SMILES string of the molecule is C=Cc1ccc(CCl)cc1.C=Cc1ccc(COCC2CO2)cc1.[Na+].[O-]CC1CO1. The van der Waals surface area contributed by atoms with E-state index in [1.165, 1.54) is 5.56 Å². The van der Waals surface area contributed by atoms with Gasteiger partial charge in [-0.3, -0.25) is 0 Å². The number of epoxide rings is 2. The van der Waals surface area contributed by atoms with Crippen molar-refractivity contribution in [3.05, 3.63) is 83.9 Å². The van der Waals surface area contributed by atoms with E-state index in [1.54, 1.807) is 0 Å². The van der Waals surface area contributed by atoms with Crippen LogP contribution in [0.2, 0.25) is 0 Å². The van der Waals surface area contributed by atoms with Crippen LogP contribution in [0, 0.1) is 0 Å². The van der Waals surface area contributed by atoms with Gasteiger partial charge in [0.1, 0.15) is 6.10 Å². The number of benzene rings is 2. The summed E-state index contributed by atoms with van der Waals surface area (Å²) in [6, 6.07) is 16.2. The molecule has 0 amide bonds. The molecule has 2 aliphatic heterocycles. The quantitative estimate of drug-likeness (QED) is 0.351. The van der Waals surface area contributed by atoms with Crippen molar-refractivity contribution in [2.75, 3.05) is 26.4 Å². The molecule has 156 valence electrons. The average Bonchev–Trinajstić information content (AvgIpc) is 3.70. The summed E-state index contributed by atoms with van der Waals surface area (Å²) < 4.78 is 15.1. The third-order valence-corrected chi connectivity index (χ3v) is 4.46. The summed E-state index contributed by atoms with van der Waals surface area (Å²) in [6.45, 7) is 10.2. The van der Waals surface area contributed by atoms with Crippen LogP contribution >= 0.6 is 11.6 Å². The molecule has 2 aromatic carbocycles. The molecule has 2 atom stereocenters. The first-order chi connectivity index (χ1) is 14.2. The van der Waals surface area contributed by atoms with E-state index in [-0.39, 0.29) is 42.3 Å². The second kappa shape index (κ2) is 15.8. The molecule has 0 radical (unpaired) electrons. The Balaban J connectivity index is 0.000000246. The molecule has 0 spiro atoms. The molecule has 0 aromatic heterocycles. The van der Waals surface area contributed by atoms with Crippen LogP contribution in [-0.4, -0.2) is 38.6 Å². The van der Waals surface area contributed by atoms with Crippen LogP contribution in [0.3, 0.4) is 0 Å². The number of hydrogen-bond acceptors (Lipinski definition) is 4. The first-order valence-electron chi connectivity index (χ1n) is 9.56. The van der Waals surface area contributed by atoms with E-state index in [2.05, 4.69) is 30.0 Å². The van der Waals surface area contributed by atoms with Crippen molar-refractivity contribution in [3.8, 4) is 0 Å². The molecule has 2 saturated heterocycles. The molecule has 4 rings (SSSR count). The molecule has 2 heterocycles. The number of rotatable bonds is 8. The number of alkyl halides is 1. The summed E-state index contributed by atoms with van der Waals surface area (Å²) >= 11 is 5.60. The predicted molar refractivity (Wildman–Crippen MR) is 117 cm³/mol. The third-order valence-electron chi connectivity index (χ3n) is 4.15. The maximum absolute atomic E-state index is 9.57. The number of ether oxygens (including phenoxy) is 3. The van der Waals surface area contributed by atoms with Crippen LogP contribution < -0.4 is 34.7 Å². The van der Waals surface area contributed by atoms with Crippen LogP contribution in [0.1, 0.15) is 22.3 Å². The summed E-state index contributed by atoms with van der Waals surface area (Å²) in [4.78, 5) is 0. The second-order valence-electron chi connectivity index (χ2n) is 6.62. The van der Waals surface area contributed by atoms with Gasteiger partial charge >= 0.3 is 29.6 Å². The zero-order chi connectivity index (χ0) is 20.9. The Hall–Kier alpha value is -0.950. The summed E-state index contributed by atoms with van der Waals surface area (Å²) in [7, 11) is 0. The zero-order valence-corrected chi connectivity index (χ0v) is 20.4. The molecule has 0 N–H and O–H groups in total. The van der Waals surface area contributed by atoms with Crippen LogP contribution in [0.15, 0.2) is 61.7 Å². The Morgan fingerprint density at radius 3 is 1.70 bits per heavy atom. The van der Waals surface area contributed by atoms with Gasteiger partial charge in [-0.1, -0.05) is 73.8 Å². The molecular weight excluding hydrogens is 411 g/mol. The maximum atomic E-state index is 9.57. The summed E-state index contributed by atoms with van der Waals surface area (Å²) in [5.74, 6) is 0.581. The molecule has 2 fully saturated rings. The van der Waals surface area contributed by atoms with Crippen molar-refractivity contribution < 1.29 is 48.9 Å². The minimum Gasteiger partial charge on any atom is -0.853 e. The van der Waals surface area contributed by atoms with Crippen molar-refractivity contribution in [1.29, 1.82) is 0 Å². The molecular formula is C24H28ClNaO4. The minimum atomic E-state index is -0.0556. The van der Waals surface area contributed by atoms with Gasteiger partial charge in [-0.05, 0) is 22.3 Å². The molecule has 0 saturated carbocycles. The van der Waals surface area contributed by atoms with Gasteiger partial charge in [-0.25, -0.2) is 0 Å². The second-order valence-corrected chi connectivity index (χ2v) is 6.88. The molecule has 2 unspecified atom stereocenters. The normalized spacial score (nSPS) is 17.8. The van der Waals surface area contributed by atoms with Crippen LogP contribution in [0.4, 0.5) is 0 Å². The molecule has 6 heteroatoms. The largest absolute Gasteiger partial charge is 1.00 e. The van der Waals surface area contributed by atoms with Gasteiger partial charge in [0, 0.05) is 5.88 Å². The molecule has 4 nitrogen and oxygen atoms in total. The molecule has 2 aliphatic rings. The summed E-state index contributed by atoms with van der Waals surface area (Å²) in [6.07, 6.45) is 4.08. The van der Waals surface area contributed by atoms with E-state index in [0.29, 0.717) is 31.8 Å². The molecule has 0 aliphatic carbocycles. The smallest absolute Gasteiger partial charge is 0.853 e. The van der Waals surface area contributed by atoms with Crippen LogP contribution in [0.25, 0.3) is 12.2 Å². The van der Waals surface area contributed by atoms with Crippen molar-refractivity contribution in [2.24, 2.45) is 0 Å². The monoisotopic (exact) mass is 438 g/mol. The van der Waals surface area contributed by atoms with Crippen molar-refractivity contribution in [3.63, 3.8) is 0 Å². The van der Waals surface area contributed by atoms with E-state index in [9.17, 15) is 5.11 Å². The summed E-state index contributed by atoms with van der Waals surface area (Å²) in [5, 5.41) is 9.57. The Labute approximate surface area is 206 Å². The van der Waals surface area contributed by atoms with E-state index in [1.807, 2.05) is 48.6 Å². The first-order valence-corrected chi connectivity index (χ1v) is 10.1. The van der Waals surface area contributed by atoms with Gasteiger partial charge in [0.15, 0.2) is 0 Å². The Morgan fingerprint density at radius 2 is 1.37 bits per heavy atom. The average molecular weight is 439 g/mol. The molecule has 30 heavy (non-hydrogen) atoms. The fraction of sp³-hybridized carbons (Fsp3) is 0.333. The number of halogens is 1. The third kappa shape index (κ3) is 12.0. The first kappa shape index (κ1) is 27.1. The van der Waals surface area contributed by atoms with E-state index in [0.717, 1.165) is 23.3 Å². The van der Waals surface area contributed by atoms with E-state index < -0.39 is 0 Å². The Bertz CT molecular complexity index is 726. The van der Waals surface area contributed by atoms with Crippen LogP contribution in [-0.2, 0) is 26.7 Å². The zero-order valence-electron chi connectivity index (χ0n) is 17.6. The fourth-order valence-corrected chi connectivity index (χ4v) is 2.31. The van der Waals surface area contributed by atoms with Crippen molar-refractivity contribution >= 4 is 23.8 Å². The van der Waals surface area contributed by atoms with Crippen molar-refractivity contribution in [1.82, 2.24) is 0 Å². The van der Waals surface area contributed by atoms with Gasteiger partial charge in [-0.15, -0.1) is 18.2 Å². The topological polar surface area (TPSA) is 57.3 Å². The standard InChI is InChI=1S/C12H14O2.C9H9Cl.C3H5O2.Na/c1-2-10-3-5-11(6-4-10)7-13-8-12-9-14-12;1-2-8-3-5-9(7-10)6-4-8;4-1-3-2-5-3;/h2-6,12H,1,7-9H2;2-6H,1,7H2;3H,1-2H2;/q;;-1;+1. The Morgan fingerprint density at radius 1 is 0.900 bits per heavy atom. The Kier molecular flexibility index (Phi) is 14.3. The van der Waals surface area contributed by atoms with E-state index >= 15 is 0 Å². The van der Waals surface area contributed by atoms with Crippen molar-refractivity contribution in [2.45, 2.75) is 24.7 Å². The number of hydrogen-bond donors (Lipinski definition) is 0. The van der Waals surface area contributed by atoms with Crippen LogP contribution in [0.5, 0.6) is 0 Å². The van der Waals surface area contributed by atoms with Gasteiger partial charge in [0.2, 0.25) is 0 Å². The predicted octanol–water partition coefficient (Wildman–Crippen LogP) is 1.06. The fourth-order valence-electron chi connectivity index (χ4n) is 2.13. The molecule has 2 aromatic rings. The van der Waals surface area contributed by atoms with E-state index in [4.69, 9.17) is 21.1 Å². The van der Waals surface area contributed by atoms with Gasteiger partial charge < -0.3 is 19.3 Å². The maximum Gasteiger partial charge on any atom is 1.00 e.